The van der Waals surface area contributed by atoms with Crippen LogP contribution in [0.1, 0.15) is 10.5 Å². The van der Waals surface area contributed by atoms with Crippen molar-refractivity contribution in [3.8, 4) is 5.75 Å². The Labute approximate surface area is 204 Å². The molecule has 3 aromatic rings. The number of cyclic esters (lactones) is 1. The number of hydrogen-bond acceptors (Lipinski definition) is 6. The molecular formula is C24H21ClN4O6. The van der Waals surface area contributed by atoms with Crippen molar-refractivity contribution < 1.29 is 28.6 Å². The predicted molar refractivity (Wildman–Crippen MR) is 127 cm³/mol. The molecule has 180 valence electrons. The number of morpholine rings is 1. The number of fused-ring (bicyclic) bond motifs is 4. The van der Waals surface area contributed by atoms with Gasteiger partial charge in [0.1, 0.15) is 36.8 Å². The molecule has 11 heteroatoms. The first-order valence-corrected chi connectivity index (χ1v) is 11.6. The Morgan fingerprint density at radius 2 is 2.06 bits per heavy atom. The zero-order valence-corrected chi connectivity index (χ0v) is 19.2. The number of rotatable bonds is 4. The van der Waals surface area contributed by atoms with Gasteiger partial charge >= 0.3 is 6.09 Å². The topological polar surface area (TPSA) is 113 Å². The van der Waals surface area contributed by atoms with Gasteiger partial charge in [0, 0.05) is 34.2 Å². The minimum absolute atomic E-state index is 0.0398. The zero-order valence-electron chi connectivity index (χ0n) is 18.5. The molecule has 0 saturated carbocycles. The molecule has 2 N–H and O–H groups in total. The molecule has 0 aliphatic carbocycles. The summed E-state index contributed by atoms with van der Waals surface area (Å²) in [4.78, 5) is 43.8. The highest BCUT2D eigenvalue weighted by atomic mass is 35.5. The third-order valence-corrected chi connectivity index (χ3v) is 6.65. The molecule has 0 spiro atoms. The second kappa shape index (κ2) is 8.47. The summed E-state index contributed by atoms with van der Waals surface area (Å²) in [7, 11) is 0. The lowest BCUT2D eigenvalue weighted by Gasteiger charge is -2.33. The highest BCUT2D eigenvalue weighted by Gasteiger charge is 2.46. The van der Waals surface area contributed by atoms with Crippen LogP contribution >= 0.6 is 11.6 Å². The summed E-state index contributed by atoms with van der Waals surface area (Å²) < 4.78 is 16.7. The number of nitrogens with zero attached hydrogens (tertiary/aromatic N) is 2. The van der Waals surface area contributed by atoms with Crippen LogP contribution in [-0.2, 0) is 14.3 Å². The van der Waals surface area contributed by atoms with E-state index in [4.69, 9.17) is 25.8 Å². The third-order valence-electron chi connectivity index (χ3n) is 6.41. The Morgan fingerprint density at radius 3 is 2.91 bits per heavy atom. The van der Waals surface area contributed by atoms with E-state index in [0.717, 1.165) is 10.9 Å². The van der Waals surface area contributed by atoms with Crippen LogP contribution in [0, 0.1) is 0 Å². The summed E-state index contributed by atoms with van der Waals surface area (Å²) in [5.74, 6) is 0.0551. The van der Waals surface area contributed by atoms with Crippen LogP contribution in [0.25, 0.3) is 10.9 Å². The van der Waals surface area contributed by atoms with Crippen molar-refractivity contribution in [3.63, 3.8) is 0 Å². The summed E-state index contributed by atoms with van der Waals surface area (Å²) in [6, 6.07) is 11.9. The third kappa shape index (κ3) is 3.84. The van der Waals surface area contributed by atoms with E-state index in [2.05, 4.69) is 10.3 Å². The van der Waals surface area contributed by atoms with E-state index in [9.17, 15) is 14.4 Å². The number of hydrogen-bond donors (Lipinski definition) is 2. The molecule has 0 bridgehead atoms. The van der Waals surface area contributed by atoms with E-state index in [0.29, 0.717) is 41.0 Å². The van der Waals surface area contributed by atoms with Crippen molar-refractivity contribution in [2.75, 3.05) is 42.7 Å². The van der Waals surface area contributed by atoms with Gasteiger partial charge in [-0.1, -0.05) is 11.6 Å². The van der Waals surface area contributed by atoms with Crippen LogP contribution in [0.2, 0.25) is 5.02 Å². The Morgan fingerprint density at radius 1 is 1.17 bits per heavy atom. The molecule has 2 fully saturated rings. The lowest BCUT2D eigenvalue weighted by Crippen LogP contribution is -2.48. The fourth-order valence-electron chi connectivity index (χ4n) is 4.67. The van der Waals surface area contributed by atoms with Gasteiger partial charge in [-0.3, -0.25) is 14.5 Å². The van der Waals surface area contributed by atoms with E-state index >= 15 is 0 Å². The van der Waals surface area contributed by atoms with E-state index in [1.807, 2.05) is 6.07 Å². The van der Waals surface area contributed by atoms with Crippen LogP contribution in [0.15, 0.2) is 42.5 Å². The fourth-order valence-corrected chi connectivity index (χ4v) is 4.85. The Kier molecular flexibility index (Phi) is 5.27. The van der Waals surface area contributed by atoms with Gasteiger partial charge in [-0.2, -0.15) is 0 Å². The first-order chi connectivity index (χ1) is 17.0. The largest absolute Gasteiger partial charge is 0.489 e. The molecule has 6 rings (SSSR count). The Bertz CT molecular complexity index is 1360. The minimum atomic E-state index is -0.584. The molecule has 3 aliphatic rings. The highest BCUT2D eigenvalue weighted by Crippen LogP contribution is 2.41. The van der Waals surface area contributed by atoms with Crippen molar-refractivity contribution in [3.05, 3.63) is 53.2 Å². The average Bonchev–Trinajstić information content (AvgIpc) is 3.43. The Hall–Kier alpha value is -3.76. The van der Waals surface area contributed by atoms with Crippen molar-refractivity contribution in [2.24, 2.45) is 0 Å². The second-order valence-corrected chi connectivity index (χ2v) is 8.98. The van der Waals surface area contributed by atoms with Crippen molar-refractivity contribution in [2.45, 2.75) is 12.1 Å². The standard InChI is InChI=1S/C24H21ClN4O6/c25-14-1-3-16-13(7-14)8-17(27-16)23(31)26-10-21-19-11-34-20-9-15(28-5-6-33-12-22(28)30)2-4-18(20)29(19)24(32)35-21/h1-4,7-9,19,21,27H,5-6,10-12H2,(H,26,31)/t19-,21-/m0/s1. The SMILES string of the molecule is O=C(NC[C@@H]1OC(=O)N2c3ccc(N4CCOCC4=O)cc3OC[C@@H]12)c1cc2cc(Cl)ccc2[nH]1. The number of carbonyl (C=O) groups excluding carboxylic acids is 3. The number of anilines is 2. The molecule has 0 radical (unpaired) electrons. The summed E-state index contributed by atoms with van der Waals surface area (Å²) in [6.45, 7) is 1.28. The summed E-state index contributed by atoms with van der Waals surface area (Å²) in [5.41, 5.74) is 2.44. The maximum absolute atomic E-state index is 12.7. The molecule has 2 atom stereocenters. The summed E-state index contributed by atoms with van der Waals surface area (Å²) in [6.07, 6.45) is -1.09. The Balaban J connectivity index is 1.16. The van der Waals surface area contributed by atoms with Gasteiger partial charge in [0.2, 0.25) is 0 Å². The first kappa shape index (κ1) is 21.8. The molecular weight excluding hydrogens is 476 g/mol. The van der Waals surface area contributed by atoms with Crippen LogP contribution in [0.3, 0.4) is 0 Å². The molecule has 0 unspecified atom stereocenters. The number of benzene rings is 2. The van der Waals surface area contributed by atoms with Gasteiger partial charge in [0.25, 0.3) is 11.8 Å². The van der Waals surface area contributed by atoms with Crippen molar-refractivity contribution in [1.29, 1.82) is 0 Å². The van der Waals surface area contributed by atoms with E-state index in [1.165, 1.54) is 0 Å². The molecule has 1 aromatic heterocycles. The lowest BCUT2D eigenvalue weighted by molar-refractivity contribution is -0.125. The van der Waals surface area contributed by atoms with Crippen molar-refractivity contribution >= 4 is 51.8 Å². The van der Waals surface area contributed by atoms with E-state index < -0.39 is 18.2 Å². The van der Waals surface area contributed by atoms with Gasteiger partial charge in [-0.25, -0.2) is 4.79 Å². The van der Waals surface area contributed by atoms with Gasteiger partial charge in [-0.05, 0) is 36.4 Å². The maximum Gasteiger partial charge on any atom is 0.415 e. The summed E-state index contributed by atoms with van der Waals surface area (Å²) >= 11 is 6.02. The van der Waals surface area contributed by atoms with E-state index in [-0.39, 0.29) is 31.6 Å². The van der Waals surface area contributed by atoms with Crippen molar-refractivity contribution in [1.82, 2.24) is 10.3 Å². The van der Waals surface area contributed by atoms with Crippen LogP contribution < -0.4 is 19.9 Å². The molecule has 10 nitrogen and oxygen atoms in total. The molecule has 2 saturated heterocycles. The number of aromatic nitrogens is 1. The van der Waals surface area contributed by atoms with Gasteiger partial charge in [-0.15, -0.1) is 0 Å². The number of H-pyrrole nitrogens is 1. The number of ether oxygens (including phenoxy) is 3. The van der Waals surface area contributed by atoms with Crippen LogP contribution in [0.5, 0.6) is 5.75 Å². The number of aromatic amines is 1. The highest BCUT2D eigenvalue weighted by molar-refractivity contribution is 6.31. The molecule has 2 aromatic carbocycles. The quantitative estimate of drug-likeness (QED) is 0.574. The van der Waals surface area contributed by atoms with E-state index in [1.54, 1.807) is 46.2 Å². The zero-order chi connectivity index (χ0) is 24.1. The smallest absolute Gasteiger partial charge is 0.415 e. The average molecular weight is 497 g/mol. The minimum Gasteiger partial charge on any atom is -0.489 e. The molecule has 4 heterocycles. The summed E-state index contributed by atoms with van der Waals surface area (Å²) in [5, 5.41) is 4.25. The first-order valence-electron chi connectivity index (χ1n) is 11.2. The van der Waals surface area contributed by atoms with Gasteiger partial charge < -0.3 is 29.4 Å². The number of halogens is 1. The second-order valence-electron chi connectivity index (χ2n) is 8.55. The van der Waals surface area contributed by atoms with Gasteiger partial charge in [0.15, 0.2) is 0 Å². The monoisotopic (exact) mass is 496 g/mol. The number of nitrogens with one attached hydrogen (secondary N) is 2. The molecule has 35 heavy (non-hydrogen) atoms. The normalized spacial score (nSPS) is 21.4. The van der Waals surface area contributed by atoms with Gasteiger partial charge in [0.05, 0.1) is 18.8 Å². The fraction of sp³-hybridized carbons (Fsp3) is 0.292. The van der Waals surface area contributed by atoms with Crippen LogP contribution in [-0.4, -0.2) is 67.9 Å². The number of amides is 3. The number of carbonyl (C=O) groups is 3. The molecule has 3 amide bonds. The lowest BCUT2D eigenvalue weighted by atomic mass is 10.1. The predicted octanol–water partition coefficient (Wildman–Crippen LogP) is 2.70. The molecule has 3 aliphatic heterocycles. The van der Waals surface area contributed by atoms with Crippen LogP contribution in [0.4, 0.5) is 16.2 Å². The maximum atomic E-state index is 12.7.